The van der Waals surface area contributed by atoms with E-state index in [9.17, 15) is 4.39 Å². The number of nitrogens with one attached hydrogen (secondary N) is 2. The molecule has 9 heteroatoms. The Kier molecular flexibility index (Phi) is 11.0. The molecule has 1 aromatic rings. The Labute approximate surface area is 189 Å². The molecule has 164 valence electrons. The Morgan fingerprint density at radius 3 is 2.76 bits per heavy atom. The Morgan fingerprint density at radius 2 is 2.07 bits per heavy atom. The molecule has 2 N–H and O–H groups in total. The van der Waals surface area contributed by atoms with Gasteiger partial charge in [-0.15, -0.1) is 24.0 Å². The Balaban J connectivity index is 0.00000300. The number of rotatable bonds is 8. The van der Waals surface area contributed by atoms with Crippen molar-refractivity contribution in [3.8, 4) is 0 Å². The van der Waals surface area contributed by atoms with E-state index in [4.69, 9.17) is 14.2 Å². The molecule has 2 heterocycles. The van der Waals surface area contributed by atoms with Gasteiger partial charge in [-0.1, -0.05) is 6.07 Å². The van der Waals surface area contributed by atoms with Crippen LogP contribution in [0.1, 0.15) is 18.4 Å². The average molecular weight is 522 g/mol. The number of benzene rings is 1. The first-order valence-electron chi connectivity index (χ1n) is 10.0. The third-order valence-electron chi connectivity index (χ3n) is 4.90. The third kappa shape index (κ3) is 7.88. The van der Waals surface area contributed by atoms with Crippen molar-refractivity contribution >= 4 is 35.6 Å². The molecule has 3 rings (SSSR count). The predicted molar refractivity (Wildman–Crippen MR) is 123 cm³/mol. The molecule has 2 fully saturated rings. The standard InChI is InChI=1S/C20H31FN4O3.HI/c1-22-20(23-6-2-9-28-17-5-10-27-15-17)24-14-16-3-4-19(18(21)13-16)25-7-11-26-12-8-25;/h3-4,13,17H,2,5-12,14-15H2,1H3,(H2,22,23,24);1H. The van der Waals surface area contributed by atoms with E-state index in [-0.39, 0.29) is 35.9 Å². The van der Waals surface area contributed by atoms with Crippen LogP contribution < -0.4 is 15.5 Å². The number of hydrogen-bond donors (Lipinski definition) is 2. The van der Waals surface area contributed by atoms with Gasteiger partial charge in [0.1, 0.15) is 5.82 Å². The zero-order chi connectivity index (χ0) is 19.6. The summed E-state index contributed by atoms with van der Waals surface area (Å²) >= 11 is 0. The van der Waals surface area contributed by atoms with Gasteiger partial charge in [0.25, 0.3) is 0 Å². The molecule has 1 unspecified atom stereocenters. The molecule has 7 nitrogen and oxygen atoms in total. The van der Waals surface area contributed by atoms with Crippen molar-refractivity contribution in [3.05, 3.63) is 29.6 Å². The van der Waals surface area contributed by atoms with E-state index in [1.165, 1.54) is 0 Å². The summed E-state index contributed by atoms with van der Waals surface area (Å²) in [6.07, 6.45) is 2.12. The van der Waals surface area contributed by atoms with E-state index < -0.39 is 0 Å². The van der Waals surface area contributed by atoms with Gasteiger partial charge in [0.15, 0.2) is 5.96 Å². The maximum absolute atomic E-state index is 14.5. The normalized spacial score (nSPS) is 19.7. The van der Waals surface area contributed by atoms with Gasteiger partial charge in [-0.25, -0.2) is 4.39 Å². The number of ether oxygens (including phenoxy) is 3. The lowest BCUT2D eigenvalue weighted by atomic mass is 10.1. The summed E-state index contributed by atoms with van der Waals surface area (Å²) in [7, 11) is 1.73. The summed E-state index contributed by atoms with van der Waals surface area (Å²) in [5.41, 5.74) is 1.52. The van der Waals surface area contributed by atoms with E-state index in [0.29, 0.717) is 44.6 Å². The minimum absolute atomic E-state index is 0. The summed E-state index contributed by atoms with van der Waals surface area (Å²) in [4.78, 5) is 6.23. The fraction of sp³-hybridized carbons (Fsp3) is 0.650. The van der Waals surface area contributed by atoms with E-state index in [0.717, 1.165) is 44.6 Å². The van der Waals surface area contributed by atoms with Crippen LogP contribution in [0.25, 0.3) is 0 Å². The quantitative estimate of drug-likeness (QED) is 0.236. The van der Waals surface area contributed by atoms with Gasteiger partial charge in [0.05, 0.1) is 31.6 Å². The number of aliphatic imine (C=N–C) groups is 1. The summed E-state index contributed by atoms with van der Waals surface area (Å²) in [5, 5.41) is 6.48. The van der Waals surface area contributed by atoms with E-state index in [1.54, 1.807) is 13.1 Å². The van der Waals surface area contributed by atoms with Crippen LogP contribution >= 0.6 is 24.0 Å². The molecule has 0 radical (unpaired) electrons. The summed E-state index contributed by atoms with van der Waals surface area (Å²) in [6.45, 7) is 6.21. The lowest BCUT2D eigenvalue weighted by Crippen LogP contribution is -2.38. The lowest BCUT2D eigenvalue weighted by molar-refractivity contribution is 0.0420. The molecule has 2 saturated heterocycles. The Morgan fingerprint density at radius 1 is 1.24 bits per heavy atom. The molecule has 0 saturated carbocycles. The van der Waals surface area contributed by atoms with Gasteiger partial charge >= 0.3 is 0 Å². The lowest BCUT2D eigenvalue weighted by Gasteiger charge is -2.29. The number of halogens is 2. The van der Waals surface area contributed by atoms with Crippen molar-refractivity contribution in [2.45, 2.75) is 25.5 Å². The maximum atomic E-state index is 14.5. The number of anilines is 1. The van der Waals surface area contributed by atoms with Crippen LogP contribution in [0.4, 0.5) is 10.1 Å². The second kappa shape index (κ2) is 13.2. The van der Waals surface area contributed by atoms with Crippen molar-refractivity contribution in [3.63, 3.8) is 0 Å². The summed E-state index contributed by atoms with van der Waals surface area (Å²) < 4.78 is 30.8. The van der Waals surface area contributed by atoms with E-state index in [1.807, 2.05) is 17.0 Å². The highest BCUT2D eigenvalue weighted by molar-refractivity contribution is 14.0. The first kappa shape index (κ1) is 24.1. The van der Waals surface area contributed by atoms with Crippen LogP contribution in [0, 0.1) is 5.82 Å². The third-order valence-corrected chi connectivity index (χ3v) is 4.90. The predicted octanol–water partition coefficient (Wildman–Crippen LogP) is 2.14. The molecule has 1 atom stereocenters. The summed E-state index contributed by atoms with van der Waals surface area (Å²) in [6, 6.07) is 5.38. The van der Waals surface area contributed by atoms with Crippen LogP contribution in [-0.4, -0.2) is 71.8 Å². The van der Waals surface area contributed by atoms with Gasteiger partial charge in [0.2, 0.25) is 0 Å². The number of hydrogen-bond acceptors (Lipinski definition) is 5. The maximum Gasteiger partial charge on any atom is 0.191 e. The molecular formula is C20H32FIN4O3. The van der Waals surface area contributed by atoms with Crippen molar-refractivity contribution in [2.75, 3.05) is 64.6 Å². The van der Waals surface area contributed by atoms with Crippen molar-refractivity contribution < 1.29 is 18.6 Å². The van der Waals surface area contributed by atoms with Crippen LogP contribution in [0.15, 0.2) is 23.2 Å². The minimum atomic E-state index is -0.197. The largest absolute Gasteiger partial charge is 0.379 e. The van der Waals surface area contributed by atoms with Crippen molar-refractivity contribution in [2.24, 2.45) is 4.99 Å². The fourth-order valence-electron chi connectivity index (χ4n) is 3.30. The molecule has 0 bridgehead atoms. The van der Waals surface area contributed by atoms with Crippen LogP contribution in [-0.2, 0) is 20.8 Å². The van der Waals surface area contributed by atoms with E-state index in [2.05, 4.69) is 15.6 Å². The molecular weight excluding hydrogens is 490 g/mol. The number of guanidine groups is 1. The second-order valence-electron chi connectivity index (χ2n) is 6.95. The molecule has 0 spiro atoms. The van der Waals surface area contributed by atoms with Crippen LogP contribution in [0.2, 0.25) is 0 Å². The average Bonchev–Trinajstić information content (AvgIpc) is 3.24. The van der Waals surface area contributed by atoms with Crippen LogP contribution in [0.5, 0.6) is 0 Å². The first-order valence-corrected chi connectivity index (χ1v) is 10.0. The number of morpholine rings is 1. The molecule has 1 aromatic carbocycles. The second-order valence-corrected chi connectivity index (χ2v) is 6.95. The zero-order valence-electron chi connectivity index (χ0n) is 17.0. The molecule has 29 heavy (non-hydrogen) atoms. The zero-order valence-corrected chi connectivity index (χ0v) is 19.3. The Hall–Kier alpha value is -1.17. The Bertz CT molecular complexity index is 638. The van der Waals surface area contributed by atoms with E-state index >= 15 is 0 Å². The number of nitrogens with zero attached hydrogens (tertiary/aromatic N) is 2. The van der Waals surface area contributed by atoms with Crippen molar-refractivity contribution in [1.82, 2.24) is 10.6 Å². The molecule has 2 aliphatic rings. The molecule has 0 aliphatic carbocycles. The highest BCUT2D eigenvalue weighted by Crippen LogP contribution is 2.21. The molecule has 0 aromatic heterocycles. The highest BCUT2D eigenvalue weighted by Gasteiger charge is 2.16. The van der Waals surface area contributed by atoms with Gasteiger partial charge in [-0.3, -0.25) is 4.99 Å². The monoisotopic (exact) mass is 522 g/mol. The van der Waals surface area contributed by atoms with Gasteiger partial charge < -0.3 is 29.7 Å². The van der Waals surface area contributed by atoms with Gasteiger partial charge in [-0.2, -0.15) is 0 Å². The topological polar surface area (TPSA) is 67.4 Å². The smallest absolute Gasteiger partial charge is 0.191 e. The van der Waals surface area contributed by atoms with Gasteiger partial charge in [-0.05, 0) is 30.5 Å². The molecule has 2 aliphatic heterocycles. The first-order chi connectivity index (χ1) is 13.8. The van der Waals surface area contributed by atoms with Crippen LogP contribution in [0.3, 0.4) is 0 Å². The summed E-state index contributed by atoms with van der Waals surface area (Å²) in [5.74, 6) is 0.499. The van der Waals surface area contributed by atoms with Gasteiger partial charge in [0, 0.05) is 46.4 Å². The molecule has 0 amide bonds. The highest BCUT2D eigenvalue weighted by atomic mass is 127. The minimum Gasteiger partial charge on any atom is -0.379 e. The fourth-order valence-corrected chi connectivity index (χ4v) is 3.30. The van der Waals surface area contributed by atoms with Crippen molar-refractivity contribution in [1.29, 1.82) is 0 Å². The SMILES string of the molecule is CN=C(NCCCOC1CCOC1)NCc1ccc(N2CCOCC2)c(F)c1.I.